The number of piperidine rings is 1. The number of anilines is 3. The van der Waals surface area contributed by atoms with Crippen LogP contribution in [0.5, 0.6) is 5.75 Å². The molecular formula is C24H34I2N8O3P2. The van der Waals surface area contributed by atoms with Crippen LogP contribution in [0.1, 0.15) is 44.9 Å². The molecule has 11 nitrogen and oxygen atoms in total. The molecule has 2 aromatic heterocycles. The number of fused-ring (bicyclic) bond motifs is 1. The minimum absolute atomic E-state index is 0.0600. The van der Waals surface area contributed by atoms with Crippen LogP contribution in [0.2, 0.25) is 0 Å². The largest absolute Gasteiger partial charge is 0.494 e. The van der Waals surface area contributed by atoms with Gasteiger partial charge in [-0.1, -0.05) is 12.8 Å². The second kappa shape index (κ2) is 16.4. The Bertz CT molecular complexity index is 1200. The molecule has 2 unspecified atom stereocenters. The number of nitrogens with zero attached hydrogens (tertiary/aromatic N) is 5. The van der Waals surface area contributed by atoms with Gasteiger partial charge in [-0.25, -0.2) is 15.1 Å². The Balaban J connectivity index is 1.28. The summed E-state index contributed by atoms with van der Waals surface area (Å²) < 4.78 is 12.9. The number of likely N-dealkylation sites (tertiary alicyclic amines) is 1. The van der Waals surface area contributed by atoms with E-state index in [9.17, 15) is 4.79 Å². The highest BCUT2D eigenvalue weighted by Gasteiger charge is 2.20. The summed E-state index contributed by atoms with van der Waals surface area (Å²) >= 11 is 4.41. The Morgan fingerprint density at radius 2 is 1.87 bits per heavy atom. The molecular weight excluding hydrogens is 764 g/mol. The Kier molecular flexibility index (Phi) is 12.9. The summed E-state index contributed by atoms with van der Waals surface area (Å²) in [6, 6.07) is 8.22. The third-order valence-corrected chi connectivity index (χ3v) is 9.34. The molecule has 15 heteroatoms. The SMILES string of the molecule is CN1CCC(Nc2nc(Nc3ccc(OCCCCCCC(=O)NOPI)cc3)nc3c2ncn3PI)CC1. The number of nitrogens with one attached hydrogen (secondary N) is 3. The normalized spacial score (nSPS) is 15.1. The molecule has 3 aromatic rings. The second-order valence-corrected chi connectivity index (χ2v) is 13.1. The molecule has 3 N–H and O–H groups in total. The first-order valence-corrected chi connectivity index (χ1v) is 21.0. The van der Waals surface area contributed by atoms with Crippen LogP contribution in [0, 0.1) is 0 Å². The number of hydrogen-bond donors (Lipinski definition) is 3. The molecule has 0 saturated carbocycles. The maximum absolute atomic E-state index is 11.5. The molecule has 1 aliphatic heterocycles. The van der Waals surface area contributed by atoms with Crippen molar-refractivity contribution in [2.24, 2.45) is 0 Å². The molecule has 1 fully saturated rings. The molecule has 1 saturated heterocycles. The Labute approximate surface area is 258 Å². The number of benzene rings is 1. The van der Waals surface area contributed by atoms with Gasteiger partial charge in [0.25, 0.3) is 0 Å². The summed E-state index contributed by atoms with van der Waals surface area (Å²) in [5, 5.41) is 6.99. The first-order valence-electron chi connectivity index (χ1n) is 12.9. The van der Waals surface area contributed by atoms with Crippen LogP contribution in [0.4, 0.5) is 17.5 Å². The first-order chi connectivity index (χ1) is 19.1. The molecule has 212 valence electrons. The summed E-state index contributed by atoms with van der Waals surface area (Å²) in [6.07, 6.45) is 8.77. The molecule has 1 aromatic carbocycles. The molecule has 0 bridgehead atoms. The third kappa shape index (κ3) is 9.74. The number of carbonyl (C=O) groups excluding carboxylic acids is 1. The highest BCUT2D eigenvalue weighted by molar-refractivity contribution is 14.2. The molecule has 0 spiro atoms. The van der Waals surface area contributed by atoms with Gasteiger partial charge >= 0.3 is 0 Å². The number of halogens is 2. The summed E-state index contributed by atoms with van der Waals surface area (Å²) in [5.74, 6) is 2.08. The lowest BCUT2D eigenvalue weighted by Crippen LogP contribution is -2.37. The number of unbranched alkanes of at least 4 members (excludes halogenated alkanes) is 3. The Morgan fingerprint density at radius 3 is 2.62 bits per heavy atom. The van der Waals surface area contributed by atoms with Gasteiger partial charge in [0.1, 0.15) is 18.5 Å². The van der Waals surface area contributed by atoms with E-state index in [2.05, 4.69) is 81.5 Å². The van der Waals surface area contributed by atoms with Crippen LogP contribution in [-0.4, -0.2) is 62.9 Å². The number of hydrogen-bond acceptors (Lipinski definition) is 9. The maximum Gasteiger partial charge on any atom is 0.243 e. The summed E-state index contributed by atoms with van der Waals surface area (Å²) in [6.45, 7) is 3.02. The van der Waals surface area contributed by atoms with Gasteiger partial charge in [0.15, 0.2) is 17.0 Å². The molecule has 4 rings (SSSR count). The van der Waals surface area contributed by atoms with E-state index >= 15 is 0 Å². The van der Waals surface area contributed by atoms with Crippen LogP contribution >= 0.6 is 56.9 Å². The van der Waals surface area contributed by atoms with Crippen LogP contribution in [-0.2, 0) is 9.42 Å². The molecule has 2 atom stereocenters. The van der Waals surface area contributed by atoms with E-state index in [1.807, 2.05) is 30.6 Å². The minimum Gasteiger partial charge on any atom is -0.494 e. The van der Waals surface area contributed by atoms with E-state index in [1.165, 1.54) is 0 Å². The molecule has 39 heavy (non-hydrogen) atoms. The van der Waals surface area contributed by atoms with E-state index in [0.717, 1.165) is 80.0 Å². The number of carbonyl (C=O) groups is 1. The zero-order chi connectivity index (χ0) is 27.5. The molecule has 1 aliphatic rings. The fraction of sp³-hybridized carbons (Fsp3) is 0.500. The quantitative estimate of drug-likeness (QED) is 0.0717. The van der Waals surface area contributed by atoms with Gasteiger partial charge in [0.2, 0.25) is 11.9 Å². The number of aromatic nitrogens is 4. The lowest BCUT2D eigenvalue weighted by Gasteiger charge is -2.29. The van der Waals surface area contributed by atoms with Crippen LogP contribution in [0.15, 0.2) is 30.6 Å². The van der Waals surface area contributed by atoms with Crippen molar-refractivity contribution < 1.29 is 14.2 Å². The zero-order valence-corrected chi connectivity index (χ0v) is 28.1. The predicted molar refractivity (Wildman–Crippen MR) is 177 cm³/mol. The number of ether oxygens (including phenoxy) is 1. The minimum atomic E-state index is -0.0600. The number of hydroxylamine groups is 1. The lowest BCUT2D eigenvalue weighted by atomic mass is 10.1. The van der Waals surface area contributed by atoms with E-state index < -0.39 is 0 Å². The maximum atomic E-state index is 11.5. The Hall–Kier alpha value is -1.12. The van der Waals surface area contributed by atoms with Crippen molar-refractivity contribution in [3.63, 3.8) is 0 Å². The van der Waals surface area contributed by atoms with Crippen molar-refractivity contribution in [2.45, 2.75) is 51.0 Å². The van der Waals surface area contributed by atoms with Crippen molar-refractivity contribution in [1.29, 1.82) is 0 Å². The summed E-state index contributed by atoms with van der Waals surface area (Å²) in [5.41, 5.74) is 4.95. The van der Waals surface area contributed by atoms with E-state index in [-0.39, 0.29) is 12.4 Å². The van der Waals surface area contributed by atoms with Crippen molar-refractivity contribution in [2.75, 3.05) is 37.4 Å². The number of rotatable bonds is 15. The van der Waals surface area contributed by atoms with Crippen LogP contribution in [0.25, 0.3) is 11.2 Å². The highest BCUT2D eigenvalue weighted by Crippen LogP contribution is 2.32. The Morgan fingerprint density at radius 1 is 1.10 bits per heavy atom. The van der Waals surface area contributed by atoms with Crippen molar-refractivity contribution >= 4 is 91.4 Å². The van der Waals surface area contributed by atoms with E-state index in [1.54, 1.807) is 0 Å². The van der Waals surface area contributed by atoms with Gasteiger partial charge in [0.05, 0.1) is 13.0 Å². The molecule has 3 heterocycles. The van der Waals surface area contributed by atoms with Crippen LogP contribution in [0.3, 0.4) is 0 Å². The number of imidazole rings is 1. The topological polar surface area (TPSA) is 118 Å². The summed E-state index contributed by atoms with van der Waals surface area (Å²) in [4.78, 5) is 28.0. The van der Waals surface area contributed by atoms with Gasteiger partial charge in [0, 0.05) is 18.2 Å². The van der Waals surface area contributed by atoms with Gasteiger partial charge in [-0.2, -0.15) is 9.97 Å². The second-order valence-electron chi connectivity index (χ2n) is 9.36. The van der Waals surface area contributed by atoms with E-state index in [4.69, 9.17) is 19.3 Å². The highest BCUT2D eigenvalue weighted by atomic mass is 127. The van der Waals surface area contributed by atoms with E-state index in [0.29, 0.717) is 31.4 Å². The average Bonchev–Trinajstić information content (AvgIpc) is 3.37. The van der Waals surface area contributed by atoms with Crippen molar-refractivity contribution in [3.05, 3.63) is 30.6 Å². The fourth-order valence-electron chi connectivity index (χ4n) is 4.29. The van der Waals surface area contributed by atoms with Gasteiger partial charge in [-0.05, 0) is 114 Å². The molecule has 0 radical (unpaired) electrons. The standard InChI is InChI=1S/C24H34I2N8O3P2/c1-33-13-11-18(12-14-33)28-22-21-23(34(38-25)16-27-21)31-24(30-22)29-17-7-9-19(10-8-17)36-15-5-3-2-4-6-20(35)32-37-39-26/h7-10,16,18,38-39H,2-6,11-15H2,1H3,(H,32,35)(H2,28,29,30,31). The molecule has 0 aliphatic carbocycles. The smallest absolute Gasteiger partial charge is 0.243 e. The summed E-state index contributed by atoms with van der Waals surface area (Å²) in [7, 11) is 2.16. The monoisotopic (exact) mass is 798 g/mol. The lowest BCUT2D eigenvalue weighted by molar-refractivity contribution is -0.127. The number of amides is 1. The predicted octanol–water partition coefficient (Wildman–Crippen LogP) is 6.19. The zero-order valence-electron chi connectivity index (χ0n) is 21.8. The van der Waals surface area contributed by atoms with Gasteiger partial charge < -0.3 is 20.3 Å². The van der Waals surface area contributed by atoms with Crippen LogP contribution < -0.4 is 20.9 Å². The average molecular weight is 798 g/mol. The van der Waals surface area contributed by atoms with Gasteiger partial charge in [-0.3, -0.25) is 9.13 Å². The molecule has 1 amide bonds. The van der Waals surface area contributed by atoms with Gasteiger partial charge in [-0.15, -0.1) is 0 Å². The first kappa shape index (κ1) is 30.8. The third-order valence-electron chi connectivity index (χ3n) is 6.43. The van der Waals surface area contributed by atoms with Crippen molar-refractivity contribution in [3.8, 4) is 5.75 Å². The van der Waals surface area contributed by atoms with Crippen molar-refractivity contribution in [1.82, 2.24) is 29.7 Å². The fourth-order valence-corrected chi connectivity index (χ4v) is 6.17.